The molecule has 0 atom stereocenters. The molecule has 1 fully saturated rings. The van der Waals surface area contributed by atoms with Crippen LogP contribution in [0.1, 0.15) is 47.1 Å². The molecule has 0 unspecified atom stereocenters. The van der Waals surface area contributed by atoms with Crippen molar-refractivity contribution in [1.29, 1.82) is 0 Å². The summed E-state index contributed by atoms with van der Waals surface area (Å²) in [5.41, 5.74) is -0.136. The topological polar surface area (TPSA) is 122 Å². The first-order valence-corrected chi connectivity index (χ1v) is 9.41. The molecule has 1 aliphatic carbocycles. The molecule has 0 radical (unpaired) electrons. The quantitative estimate of drug-likeness (QED) is 0.584. The second-order valence-corrected chi connectivity index (χ2v) is 7.19. The van der Waals surface area contributed by atoms with Gasteiger partial charge in [-0.3, -0.25) is 4.79 Å². The molecule has 10 heteroatoms. The molecule has 4 rings (SSSR count). The van der Waals surface area contributed by atoms with Crippen molar-refractivity contribution in [2.75, 3.05) is 10.6 Å². The number of aromatic nitrogens is 2. The lowest BCUT2D eigenvalue weighted by Crippen LogP contribution is -2.52. The minimum Gasteiger partial charge on any atom is -0.469 e. The van der Waals surface area contributed by atoms with Gasteiger partial charge in [0.15, 0.2) is 5.82 Å². The maximum Gasteiger partial charge on any atom is 0.320 e. The molecule has 1 aliphatic rings. The summed E-state index contributed by atoms with van der Waals surface area (Å²) in [5.74, 6) is 0.133. The molecule has 2 heterocycles. The molecule has 3 N–H and O–H groups in total. The van der Waals surface area contributed by atoms with Crippen LogP contribution in [0, 0.1) is 19.7 Å². The Morgan fingerprint density at radius 3 is 2.57 bits per heavy atom. The molecule has 1 aromatic carbocycles. The van der Waals surface area contributed by atoms with Crippen LogP contribution in [0.15, 0.2) is 39.5 Å². The predicted molar refractivity (Wildman–Crippen MR) is 105 cm³/mol. The van der Waals surface area contributed by atoms with E-state index < -0.39 is 23.3 Å². The highest BCUT2D eigenvalue weighted by atomic mass is 19.1. The number of carbonyl (C=O) groups is 2. The van der Waals surface area contributed by atoms with Crippen LogP contribution in [0.25, 0.3) is 0 Å². The molecule has 3 amide bonds. The SMILES string of the molecule is Cc1nc(C2(NC(=O)Nc3ccc(F)c(NC(=O)c4ccoc4C)c3)CCC2)no1. The predicted octanol–water partition coefficient (Wildman–Crippen LogP) is 3.87. The molecule has 2 aromatic heterocycles. The van der Waals surface area contributed by atoms with E-state index in [0.717, 1.165) is 12.5 Å². The van der Waals surface area contributed by atoms with Gasteiger partial charge in [0.05, 0.1) is 17.5 Å². The van der Waals surface area contributed by atoms with E-state index >= 15 is 0 Å². The first-order valence-electron chi connectivity index (χ1n) is 9.41. The summed E-state index contributed by atoms with van der Waals surface area (Å²) in [7, 11) is 0. The average Bonchev–Trinajstić information content (AvgIpc) is 3.29. The van der Waals surface area contributed by atoms with Crippen molar-refractivity contribution in [2.24, 2.45) is 0 Å². The van der Waals surface area contributed by atoms with Crippen molar-refractivity contribution in [2.45, 2.75) is 38.6 Å². The maximum atomic E-state index is 14.2. The molecule has 0 aliphatic heterocycles. The highest BCUT2D eigenvalue weighted by Gasteiger charge is 2.44. The van der Waals surface area contributed by atoms with E-state index in [2.05, 4.69) is 26.1 Å². The highest BCUT2D eigenvalue weighted by Crippen LogP contribution is 2.39. The number of benzene rings is 1. The Kier molecular flexibility index (Phi) is 4.98. The van der Waals surface area contributed by atoms with Crippen LogP contribution in [0.4, 0.5) is 20.6 Å². The van der Waals surface area contributed by atoms with Crippen LogP contribution in [0.3, 0.4) is 0 Å². The second kappa shape index (κ2) is 7.62. The summed E-state index contributed by atoms with van der Waals surface area (Å²) in [6, 6.07) is 4.91. The van der Waals surface area contributed by atoms with Crippen molar-refractivity contribution < 1.29 is 22.9 Å². The number of furan rings is 1. The molecule has 0 bridgehead atoms. The van der Waals surface area contributed by atoms with Crippen molar-refractivity contribution >= 4 is 23.3 Å². The summed E-state index contributed by atoms with van der Waals surface area (Å²) in [5, 5.41) is 12.0. The van der Waals surface area contributed by atoms with E-state index in [1.165, 1.54) is 24.5 Å². The number of halogens is 1. The normalized spacial score (nSPS) is 14.6. The van der Waals surface area contributed by atoms with Crippen molar-refractivity contribution in [3.05, 3.63) is 59.4 Å². The van der Waals surface area contributed by atoms with Crippen molar-refractivity contribution in [1.82, 2.24) is 15.5 Å². The standard InChI is InChI=1S/C20H20FN5O4/c1-11-14(6-9-29-11)17(27)24-16-10-13(4-5-15(16)21)23-19(28)25-20(7-3-8-20)18-22-12(2)30-26-18/h4-6,9-10H,3,7-8H2,1-2H3,(H,24,27)(H2,23,25,28). The molecule has 0 saturated heterocycles. The van der Waals surface area contributed by atoms with Crippen LogP contribution in [-0.2, 0) is 5.54 Å². The van der Waals surface area contributed by atoms with Gasteiger partial charge in [0.2, 0.25) is 5.89 Å². The van der Waals surface area contributed by atoms with Gasteiger partial charge in [-0.2, -0.15) is 4.98 Å². The number of rotatable bonds is 5. The Morgan fingerprint density at radius 2 is 1.97 bits per heavy atom. The van der Waals surface area contributed by atoms with E-state index in [9.17, 15) is 14.0 Å². The van der Waals surface area contributed by atoms with E-state index in [4.69, 9.17) is 8.94 Å². The lowest BCUT2D eigenvalue weighted by molar-refractivity contribution is 0.102. The molecule has 1 saturated carbocycles. The lowest BCUT2D eigenvalue weighted by atomic mass is 9.76. The van der Waals surface area contributed by atoms with Gasteiger partial charge in [-0.05, 0) is 50.5 Å². The number of hydrogen-bond donors (Lipinski definition) is 3. The molecule has 0 spiro atoms. The summed E-state index contributed by atoms with van der Waals surface area (Å²) >= 11 is 0. The zero-order chi connectivity index (χ0) is 21.3. The third kappa shape index (κ3) is 3.76. The van der Waals surface area contributed by atoms with Gasteiger partial charge in [-0.25, -0.2) is 9.18 Å². The van der Waals surface area contributed by atoms with Crippen LogP contribution in [0.2, 0.25) is 0 Å². The van der Waals surface area contributed by atoms with Crippen molar-refractivity contribution in [3.8, 4) is 0 Å². The summed E-state index contributed by atoms with van der Waals surface area (Å²) in [4.78, 5) is 29.1. The van der Waals surface area contributed by atoms with Gasteiger partial charge in [0.1, 0.15) is 17.1 Å². The fourth-order valence-electron chi connectivity index (χ4n) is 3.32. The maximum absolute atomic E-state index is 14.2. The Morgan fingerprint density at radius 1 is 1.17 bits per heavy atom. The largest absolute Gasteiger partial charge is 0.469 e. The molecular formula is C20H20FN5O4. The molecule has 3 aromatic rings. The van der Waals surface area contributed by atoms with E-state index in [1.54, 1.807) is 13.8 Å². The van der Waals surface area contributed by atoms with Crippen LogP contribution >= 0.6 is 0 Å². The van der Waals surface area contributed by atoms with Gasteiger partial charge < -0.3 is 24.9 Å². The molecule has 156 valence electrons. The van der Waals surface area contributed by atoms with Crippen LogP contribution < -0.4 is 16.0 Å². The van der Waals surface area contributed by atoms with E-state index in [0.29, 0.717) is 41.6 Å². The number of urea groups is 1. The Balaban J connectivity index is 1.46. The molecule has 9 nitrogen and oxygen atoms in total. The van der Waals surface area contributed by atoms with Crippen molar-refractivity contribution in [3.63, 3.8) is 0 Å². The number of nitrogens with one attached hydrogen (secondary N) is 3. The lowest BCUT2D eigenvalue weighted by Gasteiger charge is -2.39. The number of hydrogen-bond acceptors (Lipinski definition) is 6. The third-order valence-corrected chi connectivity index (χ3v) is 5.09. The van der Waals surface area contributed by atoms with Gasteiger partial charge in [-0.1, -0.05) is 5.16 Å². The van der Waals surface area contributed by atoms with E-state index in [-0.39, 0.29) is 5.69 Å². The van der Waals surface area contributed by atoms with Gasteiger partial charge in [0.25, 0.3) is 5.91 Å². The van der Waals surface area contributed by atoms with Gasteiger partial charge in [0, 0.05) is 12.6 Å². The summed E-state index contributed by atoms with van der Waals surface area (Å²) in [6.45, 7) is 3.32. The Labute approximate surface area is 171 Å². The first-order chi connectivity index (χ1) is 14.4. The smallest absolute Gasteiger partial charge is 0.320 e. The van der Waals surface area contributed by atoms with Crippen LogP contribution in [-0.4, -0.2) is 22.1 Å². The zero-order valence-electron chi connectivity index (χ0n) is 16.4. The van der Waals surface area contributed by atoms with Gasteiger partial charge in [-0.15, -0.1) is 0 Å². The van der Waals surface area contributed by atoms with Gasteiger partial charge >= 0.3 is 6.03 Å². The zero-order valence-corrected chi connectivity index (χ0v) is 16.4. The minimum absolute atomic E-state index is 0.0643. The number of anilines is 2. The average molecular weight is 413 g/mol. The third-order valence-electron chi connectivity index (χ3n) is 5.09. The fourth-order valence-corrected chi connectivity index (χ4v) is 3.32. The number of carbonyl (C=O) groups excluding carboxylic acids is 2. The fraction of sp³-hybridized carbons (Fsp3) is 0.300. The summed E-state index contributed by atoms with van der Waals surface area (Å²) in [6.07, 6.45) is 3.68. The molecular weight excluding hydrogens is 393 g/mol. The van der Waals surface area contributed by atoms with E-state index in [1.807, 2.05) is 0 Å². The number of nitrogens with zero attached hydrogens (tertiary/aromatic N) is 2. The number of aryl methyl sites for hydroxylation is 2. The monoisotopic (exact) mass is 413 g/mol. The Bertz CT molecular complexity index is 1100. The second-order valence-electron chi connectivity index (χ2n) is 7.19. The molecule has 30 heavy (non-hydrogen) atoms. The minimum atomic E-state index is -0.683. The highest BCUT2D eigenvalue weighted by molar-refractivity contribution is 6.05. The summed E-state index contributed by atoms with van der Waals surface area (Å²) < 4.78 is 24.3. The van der Waals surface area contributed by atoms with Crippen LogP contribution in [0.5, 0.6) is 0 Å². The Hall–Kier alpha value is -3.69. The number of amides is 3. The first kappa shape index (κ1) is 19.6.